The maximum Gasteiger partial charge on any atom is 0.0974 e. The Hall–Kier alpha value is -2.68. The van der Waals surface area contributed by atoms with Crippen LogP contribution in [0.2, 0.25) is 0 Å². The largest absolute Gasteiger partial charge is 0.214 e. The summed E-state index contributed by atoms with van der Waals surface area (Å²) in [6, 6.07) is 22.4. The van der Waals surface area contributed by atoms with E-state index in [0.29, 0.717) is 0 Å². The van der Waals surface area contributed by atoms with Gasteiger partial charge in [0.25, 0.3) is 0 Å². The molecular weight excluding hydrogens is 234 g/mol. The van der Waals surface area contributed by atoms with Crippen LogP contribution in [0.5, 0.6) is 0 Å². The third kappa shape index (κ3) is 1.52. The second kappa shape index (κ2) is 3.92. The maximum atomic E-state index is 4.32. The average Bonchev–Trinajstić information content (AvgIpc) is 2.49. The summed E-state index contributed by atoms with van der Waals surface area (Å²) in [5, 5.41) is 12.9. The van der Waals surface area contributed by atoms with Gasteiger partial charge in [-0.25, -0.2) is 5.01 Å². The Bertz CT molecular complexity index is 773. The molecule has 3 heteroatoms. The number of rotatable bonds is 1. The third-order valence-electron chi connectivity index (χ3n) is 3.33. The minimum absolute atomic E-state index is 0.931. The first-order valence-electron chi connectivity index (χ1n) is 6.22. The molecule has 0 amide bonds. The quantitative estimate of drug-likeness (QED) is 0.593. The van der Waals surface area contributed by atoms with Crippen molar-refractivity contribution in [3.05, 3.63) is 66.7 Å². The molecule has 4 rings (SSSR count). The summed E-state index contributed by atoms with van der Waals surface area (Å²) < 4.78 is 0. The highest BCUT2D eigenvalue weighted by Gasteiger charge is 2.17. The van der Waals surface area contributed by atoms with E-state index in [2.05, 4.69) is 34.6 Å². The smallest absolute Gasteiger partial charge is 0.0974 e. The van der Waals surface area contributed by atoms with Gasteiger partial charge in [-0.2, -0.15) is 0 Å². The second-order valence-corrected chi connectivity index (χ2v) is 4.49. The molecule has 0 aromatic heterocycles. The molecule has 0 saturated heterocycles. The first-order valence-corrected chi connectivity index (χ1v) is 6.22. The van der Waals surface area contributed by atoms with Gasteiger partial charge in [0.05, 0.1) is 17.1 Å². The van der Waals surface area contributed by atoms with E-state index >= 15 is 0 Å². The highest BCUT2D eigenvalue weighted by atomic mass is 15.6. The van der Waals surface area contributed by atoms with Gasteiger partial charge in [-0.05, 0) is 29.7 Å². The van der Waals surface area contributed by atoms with Gasteiger partial charge in [-0.3, -0.25) is 0 Å². The predicted molar refractivity (Wildman–Crippen MR) is 77.0 cm³/mol. The van der Waals surface area contributed by atoms with E-state index in [9.17, 15) is 0 Å². The van der Waals surface area contributed by atoms with Crippen LogP contribution in [0.3, 0.4) is 0 Å². The zero-order valence-corrected chi connectivity index (χ0v) is 10.2. The number of para-hydroxylation sites is 1. The molecule has 90 valence electrons. The highest BCUT2D eigenvalue weighted by Crippen LogP contribution is 2.41. The minimum atomic E-state index is 0.931. The van der Waals surface area contributed by atoms with Crippen molar-refractivity contribution in [2.75, 3.05) is 5.01 Å². The van der Waals surface area contributed by atoms with Crippen molar-refractivity contribution in [2.24, 2.45) is 10.3 Å². The summed E-state index contributed by atoms with van der Waals surface area (Å²) in [5.74, 6) is 0. The van der Waals surface area contributed by atoms with Crippen LogP contribution in [0, 0.1) is 0 Å². The average molecular weight is 245 g/mol. The Morgan fingerprint density at radius 1 is 0.737 bits per heavy atom. The fourth-order valence-electron chi connectivity index (χ4n) is 2.46. The normalized spacial score (nSPS) is 12.9. The predicted octanol–water partition coefficient (Wildman–Crippen LogP) is 4.99. The lowest BCUT2D eigenvalue weighted by molar-refractivity contribution is 0.966. The Kier molecular flexibility index (Phi) is 2.12. The zero-order chi connectivity index (χ0) is 12.7. The van der Waals surface area contributed by atoms with E-state index in [4.69, 9.17) is 0 Å². The van der Waals surface area contributed by atoms with Crippen LogP contribution in [0.25, 0.3) is 10.8 Å². The molecule has 3 aromatic carbocycles. The van der Waals surface area contributed by atoms with Gasteiger partial charge in [0.15, 0.2) is 0 Å². The SMILES string of the molecule is c1ccc(N2N=Nc3cccc4cccc2c34)cc1. The number of benzene rings is 3. The second-order valence-electron chi connectivity index (χ2n) is 4.49. The van der Waals surface area contributed by atoms with Crippen LogP contribution in [-0.4, -0.2) is 0 Å². The van der Waals surface area contributed by atoms with E-state index in [0.717, 1.165) is 22.4 Å². The van der Waals surface area contributed by atoms with Crippen molar-refractivity contribution in [3.63, 3.8) is 0 Å². The molecule has 0 saturated carbocycles. The summed E-state index contributed by atoms with van der Waals surface area (Å²) in [7, 11) is 0. The van der Waals surface area contributed by atoms with Gasteiger partial charge in [-0.1, -0.05) is 47.7 Å². The third-order valence-corrected chi connectivity index (χ3v) is 3.33. The number of hydrogen-bond donors (Lipinski definition) is 0. The molecule has 1 aliphatic heterocycles. The molecule has 0 N–H and O–H groups in total. The van der Waals surface area contributed by atoms with E-state index in [1.165, 1.54) is 5.39 Å². The molecule has 0 radical (unpaired) electrons. The van der Waals surface area contributed by atoms with Crippen molar-refractivity contribution >= 4 is 27.8 Å². The van der Waals surface area contributed by atoms with Crippen LogP contribution in [0.4, 0.5) is 17.1 Å². The van der Waals surface area contributed by atoms with Crippen LogP contribution < -0.4 is 5.01 Å². The number of nitrogens with zero attached hydrogens (tertiary/aromatic N) is 3. The Morgan fingerprint density at radius 2 is 1.53 bits per heavy atom. The van der Waals surface area contributed by atoms with Gasteiger partial charge in [0.1, 0.15) is 0 Å². The number of anilines is 2. The van der Waals surface area contributed by atoms with Crippen molar-refractivity contribution in [1.29, 1.82) is 0 Å². The standard InChI is InChI=1S/C16H11N3/c1-2-8-13(9-3-1)19-15-11-5-7-12-6-4-10-14(16(12)15)17-18-19/h1-11H. The van der Waals surface area contributed by atoms with Crippen molar-refractivity contribution in [2.45, 2.75) is 0 Å². The zero-order valence-electron chi connectivity index (χ0n) is 10.2. The summed E-state index contributed by atoms with van der Waals surface area (Å²) in [6.07, 6.45) is 0. The first kappa shape index (κ1) is 10.3. The lowest BCUT2D eigenvalue weighted by atomic mass is 10.1. The van der Waals surface area contributed by atoms with E-state index in [1.54, 1.807) is 0 Å². The fourth-order valence-corrected chi connectivity index (χ4v) is 2.46. The fraction of sp³-hybridized carbons (Fsp3) is 0. The Morgan fingerprint density at radius 3 is 2.37 bits per heavy atom. The summed E-state index contributed by atoms with van der Waals surface area (Å²) >= 11 is 0. The van der Waals surface area contributed by atoms with E-state index in [-0.39, 0.29) is 0 Å². The lowest BCUT2D eigenvalue weighted by Gasteiger charge is -2.23. The summed E-state index contributed by atoms with van der Waals surface area (Å²) in [4.78, 5) is 0. The van der Waals surface area contributed by atoms with Gasteiger partial charge in [0.2, 0.25) is 0 Å². The lowest BCUT2D eigenvalue weighted by Crippen LogP contribution is -2.10. The topological polar surface area (TPSA) is 28.0 Å². The van der Waals surface area contributed by atoms with Gasteiger partial charge in [-0.15, -0.1) is 5.11 Å². The van der Waals surface area contributed by atoms with Crippen molar-refractivity contribution in [1.82, 2.24) is 0 Å². The molecule has 0 unspecified atom stereocenters. The molecule has 0 aliphatic carbocycles. The van der Waals surface area contributed by atoms with E-state index < -0.39 is 0 Å². The monoisotopic (exact) mass is 245 g/mol. The molecule has 0 fully saturated rings. The van der Waals surface area contributed by atoms with Gasteiger partial charge in [0, 0.05) is 5.39 Å². The van der Waals surface area contributed by atoms with Gasteiger partial charge >= 0.3 is 0 Å². The first-order chi connectivity index (χ1) is 9.43. The molecule has 1 aliphatic rings. The molecule has 19 heavy (non-hydrogen) atoms. The summed E-state index contributed by atoms with van der Waals surface area (Å²) in [6.45, 7) is 0. The summed E-state index contributed by atoms with van der Waals surface area (Å²) in [5.41, 5.74) is 3.03. The van der Waals surface area contributed by atoms with Gasteiger partial charge < -0.3 is 0 Å². The molecule has 3 aromatic rings. The van der Waals surface area contributed by atoms with E-state index in [1.807, 2.05) is 47.5 Å². The molecule has 0 spiro atoms. The maximum absolute atomic E-state index is 4.32. The minimum Gasteiger partial charge on any atom is -0.214 e. The van der Waals surface area contributed by atoms with Crippen LogP contribution in [0.15, 0.2) is 77.1 Å². The van der Waals surface area contributed by atoms with Crippen molar-refractivity contribution in [3.8, 4) is 0 Å². The Labute approximate surface area is 110 Å². The van der Waals surface area contributed by atoms with Crippen LogP contribution in [0.1, 0.15) is 0 Å². The molecule has 0 bridgehead atoms. The van der Waals surface area contributed by atoms with Crippen LogP contribution >= 0.6 is 0 Å². The molecule has 0 atom stereocenters. The van der Waals surface area contributed by atoms with Crippen molar-refractivity contribution < 1.29 is 0 Å². The number of hydrogen-bond acceptors (Lipinski definition) is 3. The highest BCUT2D eigenvalue weighted by molar-refractivity contribution is 6.04. The molecular formula is C16H11N3. The molecule has 1 heterocycles. The Balaban J connectivity index is 2.01. The molecule has 3 nitrogen and oxygen atoms in total. The van der Waals surface area contributed by atoms with Crippen LogP contribution in [-0.2, 0) is 0 Å².